The lowest BCUT2D eigenvalue weighted by atomic mass is 10.3. The largest absolute Gasteiger partial charge is 0.378 e. The first-order valence-corrected chi connectivity index (χ1v) is 4.10. The molecule has 0 saturated carbocycles. The van der Waals surface area contributed by atoms with Crippen LogP contribution in [0.5, 0.6) is 0 Å². The molecule has 0 heterocycles. The Labute approximate surface area is 92.5 Å². The quantitative estimate of drug-likeness (QED) is 0.662. The van der Waals surface area contributed by atoms with Gasteiger partial charge < -0.3 is 4.90 Å². The molecule has 1 aromatic rings. The minimum absolute atomic E-state index is 0.162. The summed E-state index contributed by atoms with van der Waals surface area (Å²) < 4.78 is 28.9. The first kappa shape index (κ1) is 5.58. The van der Waals surface area contributed by atoms with Crippen LogP contribution in [0.15, 0.2) is 12.1 Å². The van der Waals surface area contributed by atoms with E-state index in [0.29, 0.717) is 0 Å². The zero-order valence-electron chi connectivity index (χ0n) is 9.89. The molecular weight excluding hydrogens is 216 g/mol. The van der Waals surface area contributed by atoms with Crippen molar-refractivity contribution in [3.63, 3.8) is 0 Å². The first-order chi connectivity index (χ1) is 7.34. The van der Waals surface area contributed by atoms with Crippen molar-refractivity contribution in [3.8, 4) is 0 Å². The third-order valence-corrected chi connectivity index (χ3v) is 2.46. The topological polar surface area (TPSA) is 3.24 Å². The third kappa shape index (κ3) is 1.98. The Balaban J connectivity index is 3.21. The average Bonchev–Trinajstić information content (AvgIpc) is 2.12. The van der Waals surface area contributed by atoms with E-state index in [1.54, 1.807) is 0 Å². The summed E-state index contributed by atoms with van der Waals surface area (Å²) in [5.74, 6) is 0. The van der Waals surface area contributed by atoms with Gasteiger partial charge in [-0.25, -0.2) is 0 Å². The van der Waals surface area contributed by atoms with E-state index in [-0.39, 0.29) is 20.8 Å². The summed E-state index contributed by atoms with van der Waals surface area (Å²) in [5.41, 5.74) is 0.254. The number of anilines is 1. The highest BCUT2D eigenvalue weighted by Gasteiger charge is 2.06. The maximum absolute atomic E-state index is 7.23. The van der Waals surface area contributed by atoms with Crippen LogP contribution >= 0.6 is 34.8 Å². The maximum Gasteiger partial charge on any atom is 0.0780 e. The second kappa shape index (κ2) is 3.73. The number of hydrogen-bond donors (Lipinski definition) is 0. The van der Waals surface area contributed by atoms with E-state index in [1.807, 2.05) is 0 Å². The monoisotopic (exact) mass is 227 g/mol. The molecule has 0 aromatic heterocycles. The van der Waals surface area contributed by atoms with Gasteiger partial charge in [-0.05, 0) is 12.1 Å². The maximum atomic E-state index is 7.23. The molecule has 0 radical (unpaired) electrons. The normalized spacial score (nSPS) is 15.4. The molecule has 1 nitrogen and oxygen atoms in total. The van der Waals surface area contributed by atoms with Gasteiger partial charge in [0.2, 0.25) is 0 Å². The molecule has 0 aliphatic carbocycles. The lowest BCUT2D eigenvalue weighted by Crippen LogP contribution is -2.08. The SMILES string of the molecule is [2H]C([2H])N(c1cc(Cl)c(Cl)c(Cl)c1)C([2H])[2H]. The zero-order chi connectivity index (χ0) is 12.5. The van der Waals surface area contributed by atoms with Gasteiger partial charge in [-0.3, -0.25) is 0 Å². The Kier molecular flexibility index (Phi) is 1.74. The second-order valence-electron chi connectivity index (χ2n) is 2.13. The molecule has 0 bridgehead atoms. The summed E-state index contributed by atoms with van der Waals surface area (Å²) in [7, 11) is 0. The van der Waals surface area contributed by atoms with E-state index in [1.165, 1.54) is 12.1 Å². The van der Waals surface area contributed by atoms with Gasteiger partial charge in [0.25, 0.3) is 0 Å². The summed E-state index contributed by atoms with van der Waals surface area (Å²) in [4.78, 5) is 0.911. The van der Waals surface area contributed by atoms with Gasteiger partial charge in [-0.15, -0.1) is 0 Å². The molecule has 0 unspecified atom stereocenters. The highest BCUT2D eigenvalue weighted by molar-refractivity contribution is 6.48. The molecular formula is C8H8Cl3N. The van der Waals surface area contributed by atoms with Gasteiger partial charge in [0.05, 0.1) is 15.1 Å². The smallest absolute Gasteiger partial charge is 0.0780 e. The van der Waals surface area contributed by atoms with Gasteiger partial charge in [-0.2, -0.15) is 0 Å². The van der Waals surface area contributed by atoms with Gasteiger partial charge >= 0.3 is 0 Å². The van der Waals surface area contributed by atoms with Crippen LogP contribution < -0.4 is 4.90 Å². The van der Waals surface area contributed by atoms with Gasteiger partial charge in [-0.1, -0.05) is 34.8 Å². The lowest BCUT2D eigenvalue weighted by molar-refractivity contribution is 1.13. The highest BCUT2D eigenvalue weighted by atomic mass is 35.5. The fourth-order valence-electron chi connectivity index (χ4n) is 0.691. The number of benzene rings is 1. The predicted octanol–water partition coefficient (Wildman–Crippen LogP) is 3.71. The standard InChI is InChI=1S/C8H8Cl3N/c1-12(2)5-3-6(9)8(11)7(10)4-5/h3-4H,1-2H3/i1D2,2D2. The molecule has 4 heteroatoms. The number of halogens is 3. The van der Waals surface area contributed by atoms with Crippen molar-refractivity contribution in [3.05, 3.63) is 27.2 Å². The van der Waals surface area contributed by atoms with Crippen molar-refractivity contribution >= 4 is 40.5 Å². The third-order valence-electron chi connectivity index (χ3n) is 1.27. The Morgan fingerprint density at radius 1 is 1.17 bits per heavy atom. The Hall–Kier alpha value is -0.110. The fraction of sp³-hybridized carbons (Fsp3) is 0.250. The average molecular weight is 229 g/mol. The molecule has 66 valence electrons. The fourth-order valence-corrected chi connectivity index (χ4v) is 1.28. The molecule has 1 rings (SSSR count). The van der Waals surface area contributed by atoms with E-state index < -0.39 is 14.0 Å². The van der Waals surface area contributed by atoms with Crippen molar-refractivity contribution in [1.29, 1.82) is 0 Å². The molecule has 12 heavy (non-hydrogen) atoms. The van der Waals surface area contributed by atoms with E-state index in [0.717, 1.165) is 4.90 Å². The molecule has 1 aromatic carbocycles. The van der Waals surface area contributed by atoms with Gasteiger partial charge in [0, 0.05) is 25.2 Å². The molecule has 0 amide bonds. The van der Waals surface area contributed by atoms with Gasteiger partial charge in [0.15, 0.2) is 0 Å². The van der Waals surface area contributed by atoms with E-state index >= 15 is 0 Å². The summed E-state index contributed by atoms with van der Waals surface area (Å²) in [6.45, 7) is -2.98. The van der Waals surface area contributed by atoms with Gasteiger partial charge in [0.1, 0.15) is 0 Å². The van der Waals surface area contributed by atoms with Crippen LogP contribution in [0.1, 0.15) is 5.48 Å². The Morgan fingerprint density at radius 3 is 2.08 bits per heavy atom. The Morgan fingerprint density at radius 2 is 1.67 bits per heavy atom. The van der Waals surface area contributed by atoms with Crippen LogP contribution in [0.3, 0.4) is 0 Å². The predicted molar refractivity (Wildman–Crippen MR) is 55.8 cm³/mol. The summed E-state index contributed by atoms with van der Waals surface area (Å²) >= 11 is 17.3. The molecule has 0 aliphatic heterocycles. The van der Waals surface area contributed by atoms with Crippen LogP contribution in [0, 0.1) is 0 Å². The number of hydrogen-bond acceptors (Lipinski definition) is 1. The molecule has 0 atom stereocenters. The van der Waals surface area contributed by atoms with Crippen LogP contribution in [0.4, 0.5) is 5.69 Å². The van der Waals surface area contributed by atoms with Crippen molar-refractivity contribution in [2.24, 2.45) is 0 Å². The molecule has 0 aliphatic rings. The number of rotatable bonds is 1. The molecule has 0 N–H and O–H groups in total. The van der Waals surface area contributed by atoms with Crippen LogP contribution in [0.2, 0.25) is 15.1 Å². The van der Waals surface area contributed by atoms with Crippen LogP contribution in [0.25, 0.3) is 0 Å². The van der Waals surface area contributed by atoms with Crippen LogP contribution in [-0.2, 0) is 0 Å². The van der Waals surface area contributed by atoms with Crippen molar-refractivity contribution in [2.75, 3.05) is 18.9 Å². The number of nitrogens with zero attached hydrogens (tertiary/aromatic N) is 1. The van der Waals surface area contributed by atoms with E-state index in [9.17, 15) is 0 Å². The zero-order valence-corrected chi connectivity index (χ0v) is 8.16. The van der Waals surface area contributed by atoms with E-state index in [4.69, 9.17) is 40.3 Å². The minimum atomic E-state index is -1.49. The lowest BCUT2D eigenvalue weighted by Gasteiger charge is -2.13. The molecule has 0 saturated heterocycles. The first-order valence-electron chi connectivity index (χ1n) is 5.27. The van der Waals surface area contributed by atoms with Crippen LogP contribution in [-0.4, -0.2) is 14.0 Å². The van der Waals surface area contributed by atoms with Crippen molar-refractivity contribution in [2.45, 2.75) is 0 Å². The second-order valence-corrected chi connectivity index (χ2v) is 3.32. The summed E-state index contributed by atoms with van der Waals surface area (Å²) in [6.07, 6.45) is 0. The Bertz CT molecular complexity index is 355. The summed E-state index contributed by atoms with van der Waals surface area (Å²) in [5, 5.41) is 0.496. The summed E-state index contributed by atoms with van der Waals surface area (Å²) in [6, 6.07) is 2.75. The van der Waals surface area contributed by atoms with E-state index in [2.05, 4.69) is 0 Å². The van der Waals surface area contributed by atoms with Crippen molar-refractivity contribution < 1.29 is 5.48 Å². The molecule has 0 spiro atoms. The minimum Gasteiger partial charge on any atom is -0.378 e. The van der Waals surface area contributed by atoms with Crippen molar-refractivity contribution in [1.82, 2.24) is 0 Å². The highest BCUT2D eigenvalue weighted by Crippen LogP contribution is 2.33. The molecule has 0 fully saturated rings.